The average molecular weight is 334 g/mol. The lowest BCUT2D eigenvalue weighted by atomic mass is 10.0. The summed E-state index contributed by atoms with van der Waals surface area (Å²) >= 11 is 5.31. The fourth-order valence-corrected chi connectivity index (χ4v) is 3.78. The number of methoxy groups -OCH3 is 1. The van der Waals surface area contributed by atoms with E-state index in [2.05, 4.69) is 33.4 Å². The van der Waals surface area contributed by atoms with Crippen LogP contribution in [0.2, 0.25) is 0 Å². The predicted molar refractivity (Wildman–Crippen MR) is 85.9 cm³/mol. The summed E-state index contributed by atoms with van der Waals surface area (Å²) in [5.41, 5.74) is 8.77. The monoisotopic (exact) mass is 333 g/mol. The molecule has 3 aromatic rings. The van der Waals surface area contributed by atoms with Gasteiger partial charge in [0.05, 0.1) is 7.11 Å². The van der Waals surface area contributed by atoms with Gasteiger partial charge in [0, 0.05) is 37.4 Å². The maximum atomic E-state index is 5.81. The zero-order valence-electron chi connectivity index (χ0n) is 10.3. The molecule has 0 bridgehead atoms. The van der Waals surface area contributed by atoms with Crippen LogP contribution in [0.3, 0.4) is 0 Å². The Hall–Kier alpha value is -1.52. The Kier molecular flexibility index (Phi) is 3.21. The third kappa shape index (κ3) is 2.11. The quantitative estimate of drug-likeness (QED) is 0.675. The number of ether oxygens (including phenoxy) is 1. The molecule has 0 saturated carbocycles. The Labute approximate surface area is 123 Å². The normalized spacial score (nSPS) is 10.8. The molecule has 0 unspecified atom stereocenters. The highest BCUT2D eigenvalue weighted by atomic mass is 79.9. The van der Waals surface area contributed by atoms with Gasteiger partial charge in [-0.3, -0.25) is 0 Å². The second-order valence-corrected chi connectivity index (χ2v) is 5.96. The summed E-state index contributed by atoms with van der Waals surface area (Å²) in [5.74, 6) is 0.805. The number of rotatable bonds is 2. The molecule has 96 valence electrons. The Balaban J connectivity index is 2.28. The lowest BCUT2D eigenvalue weighted by molar-refractivity contribution is 0.417. The zero-order valence-corrected chi connectivity index (χ0v) is 12.7. The number of fused-ring (bicyclic) bond motifs is 1. The second-order valence-electron chi connectivity index (χ2n) is 4.23. The van der Waals surface area contributed by atoms with Crippen LogP contribution in [-0.2, 0) is 0 Å². The minimum absolute atomic E-state index is 0.710. The van der Waals surface area contributed by atoms with E-state index in [0.29, 0.717) is 5.69 Å². The zero-order chi connectivity index (χ0) is 13.4. The van der Waals surface area contributed by atoms with Crippen LogP contribution in [0.5, 0.6) is 5.75 Å². The fourth-order valence-electron chi connectivity index (χ4n) is 2.16. The number of thiophene rings is 1. The molecule has 0 amide bonds. The molecule has 3 rings (SSSR count). The lowest BCUT2D eigenvalue weighted by Gasteiger charge is -2.08. The van der Waals surface area contributed by atoms with Crippen LogP contribution < -0.4 is 10.5 Å². The van der Waals surface area contributed by atoms with Crippen molar-refractivity contribution in [2.75, 3.05) is 12.8 Å². The van der Waals surface area contributed by atoms with Gasteiger partial charge < -0.3 is 10.5 Å². The number of nitrogens with two attached hydrogens (primary N) is 1. The van der Waals surface area contributed by atoms with E-state index in [4.69, 9.17) is 10.5 Å². The lowest BCUT2D eigenvalue weighted by Crippen LogP contribution is -1.90. The molecule has 0 spiro atoms. The number of hydrogen-bond donors (Lipinski definition) is 1. The number of hydrogen-bond acceptors (Lipinski definition) is 3. The van der Waals surface area contributed by atoms with Gasteiger partial charge in [0.15, 0.2) is 0 Å². The first-order valence-corrected chi connectivity index (χ1v) is 7.47. The Morgan fingerprint density at radius 1 is 1.16 bits per heavy atom. The molecule has 4 heteroatoms. The van der Waals surface area contributed by atoms with E-state index in [1.807, 2.05) is 24.3 Å². The highest BCUT2D eigenvalue weighted by Gasteiger charge is 2.12. The van der Waals surface area contributed by atoms with Crippen molar-refractivity contribution in [3.63, 3.8) is 0 Å². The van der Waals surface area contributed by atoms with E-state index in [1.165, 1.54) is 15.6 Å². The van der Waals surface area contributed by atoms with Crippen LogP contribution in [-0.4, -0.2) is 7.11 Å². The van der Waals surface area contributed by atoms with Crippen LogP contribution in [0, 0.1) is 0 Å². The Morgan fingerprint density at radius 3 is 2.79 bits per heavy atom. The predicted octanol–water partition coefficient (Wildman–Crippen LogP) is 4.92. The van der Waals surface area contributed by atoms with Gasteiger partial charge in [-0.1, -0.05) is 12.1 Å². The van der Waals surface area contributed by atoms with Gasteiger partial charge in [-0.15, -0.1) is 11.3 Å². The van der Waals surface area contributed by atoms with Gasteiger partial charge in [0.2, 0.25) is 0 Å². The molecule has 0 aliphatic carbocycles. The first-order chi connectivity index (χ1) is 9.20. The van der Waals surface area contributed by atoms with E-state index < -0.39 is 0 Å². The van der Waals surface area contributed by atoms with Gasteiger partial charge in [-0.05, 0) is 39.5 Å². The van der Waals surface area contributed by atoms with Gasteiger partial charge >= 0.3 is 0 Å². The Morgan fingerprint density at radius 2 is 2.00 bits per heavy atom. The molecule has 0 aliphatic rings. The molecule has 1 aromatic heterocycles. The number of anilines is 1. The molecular formula is C15H12BrNOS. The summed E-state index contributed by atoms with van der Waals surface area (Å²) in [6.45, 7) is 0. The minimum atomic E-state index is 0.710. The summed E-state index contributed by atoms with van der Waals surface area (Å²) in [5, 5.41) is 3.38. The topological polar surface area (TPSA) is 35.2 Å². The summed E-state index contributed by atoms with van der Waals surface area (Å²) in [4.78, 5) is 0. The SMILES string of the molecule is COc1cc(N)ccc1-c1csc2c(Br)cccc12. The van der Waals surface area contributed by atoms with Crippen molar-refractivity contribution in [3.05, 3.63) is 46.3 Å². The highest BCUT2D eigenvalue weighted by molar-refractivity contribution is 9.10. The number of halogens is 1. The van der Waals surface area contributed by atoms with Crippen molar-refractivity contribution in [3.8, 4) is 16.9 Å². The second kappa shape index (κ2) is 4.87. The molecule has 2 N–H and O–H groups in total. The van der Waals surface area contributed by atoms with E-state index >= 15 is 0 Å². The van der Waals surface area contributed by atoms with Crippen LogP contribution in [0.25, 0.3) is 21.2 Å². The van der Waals surface area contributed by atoms with Crippen molar-refractivity contribution < 1.29 is 4.74 Å². The van der Waals surface area contributed by atoms with Crippen molar-refractivity contribution >= 4 is 43.0 Å². The van der Waals surface area contributed by atoms with Crippen molar-refractivity contribution in [2.45, 2.75) is 0 Å². The van der Waals surface area contributed by atoms with Crippen LogP contribution >= 0.6 is 27.3 Å². The van der Waals surface area contributed by atoms with Crippen molar-refractivity contribution in [1.29, 1.82) is 0 Å². The molecule has 2 nitrogen and oxygen atoms in total. The summed E-state index contributed by atoms with van der Waals surface area (Å²) < 4.78 is 7.81. The highest BCUT2D eigenvalue weighted by Crippen LogP contribution is 2.41. The molecule has 0 fully saturated rings. The first kappa shape index (κ1) is 12.5. The summed E-state index contributed by atoms with van der Waals surface area (Å²) in [7, 11) is 1.67. The van der Waals surface area contributed by atoms with Gasteiger partial charge in [-0.25, -0.2) is 0 Å². The molecule has 19 heavy (non-hydrogen) atoms. The number of benzene rings is 2. The fraction of sp³-hybridized carbons (Fsp3) is 0.0667. The van der Waals surface area contributed by atoms with Gasteiger partial charge in [0.25, 0.3) is 0 Å². The molecule has 1 heterocycles. The standard InChI is InChI=1S/C15H12BrNOS/c1-18-14-7-9(17)5-6-10(14)12-8-19-15-11(12)3-2-4-13(15)16/h2-8H,17H2,1H3. The molecule has 2 aromatic carbocycles. The molecular weight excluding hydrogens is 322 g/mol. The minimum Gasteiger partial charge on any atom is -0.496 e. The molecule has 0 saturated heterocycles. The average Bonchev–Trinajstić information content (AvgIpc) is 2.84. The third-order valence-corrected chi connectivity index (χ3v) is 5.02. The van der Waals surface area contributed by atoms with Crippen LogP contribution in [0.4, 0.5) is 5.69 Å². The van der Waals surface area contributed by atoms with E-state index in [9.17, 15) is 0 Å². The van der Waals surface area contributed by atoms with Gasteiger partial charge in [0.1, 0.15) is 5.75 Å². The molecule has 0 radical (unpaired) electrons. The van der Waals surface area contributed by atoms with E-state index in [0.717, 1.165) is 15.8 Å². The molecule has 0 atom stereocenters. The maximum absolute atomic E-state index is 5.81. The van der Waals surface area contributed by atoms with Gasteiger partial charge in [-0.2, -0.15) is 0 Å². The number of nitrogen functional groups attached to an aromatic ring is 1. The van der Waals surface area contributed by atoms with E-state index in [1.54, 1.807) is 18.4 Å². The molecule has 0 aliphatic heterocycles. The van der Waals surface area contributed by atoms with Crippen molar-refractivity contribution in [2.24, 2.45) is 0 Å². The van der Waals surface area contributed by atoms with Crippen LogP contribution in [0.1, 0.15) is 0 Å². The maximum Gasteiger partial charge on any atom is 0.128 e. The summed E-state index contributed by atoms with van der Waals surface area (Å²) in [6.07, 6.45) is 0. The smallest absolute Gasteiger partial charge is 0.128 e. The first-order valence-electron chi connectivity index (χ1n) is 5.80. The Bertz CT molecular complexity index is 751. The van der Waals surface area contributed by atoms with Crippen molar-refractivity contribution in [1.82, 2.24) is 0 Å². The van der Waals surface area contributed by atoms with E-state index in [-0.39, 0.29) is 0 Å². The largest absolute Gasteiger partial charge is 0.496 e. The van der Waals surface area contributed by atoms with Crippen LogP contribution in [0.15, 0.2) is 46.3 Å². The summed E-state index contributed by atoms with van der Waals surface area (Å²) in [6, 6.07) is 12.0. The third-order valence-electron chi connectivity index (χ3n) is 3.07.